The van der Waals surface area contributed by atoms with Crippen molar-refractivity contribution in [1.29, 1.82) is 0 Å². The van der Waals surface area contributed by atoms with E-state index in [2.05, 4.69) is 19.2 Å². The van der Waals surface area contributed by atoms with E-state index >= 15 is 0 Å². The maximum absolute atomic E-state index is 13.2. The molecule has 0 bridgehead atoms. The molecule has 8 unspecified atom stereocenters. The molecule has 1 saturated heterocycles. The third kappa shape index (κ3) is 45.6. The third-order valence-electron chi connectivity index (χ3n) is 17.3. The van der Waals surface area contributed by atoms with Crippen LogP contribution >= 0.6 is 0 Å². The van der Waals surface area contributed by atoms with Gasteiger partial charge in [0.15, 0.2) is 6.29 Å². The fourth-order valence-electron chi connectivity index (χ4n) is 11.8. The second-order valence-corrected chi connectivity index (χ2v) is 24.8. The average molecular weight is 1110 g/mol. The lowest BCUT2D eigenvalue weighted by molar-refractivity contribution is -0.302. The van der Waals surface area contributed by atoms with Crippen LogP contribution in [-0.4, -0.2) is 98.7 Å². The van der Waals surface area contributed by atoms with Gasteiger partial charge in [0.2, 0.25) is 5.91 Å². The third-order valence-corrected chi connectivity index (χ3v) is 17.3. The molecule has 8 atom stereocenters. The van der Waals surface area contributed by atoms with Gasteiger partial charge in [-0.1, -0.05) is 354 Å². The number of hydrogen-bond acceptors (Lipinski definition) is 9. The molecule has 1 rings (SSSR count). The zero-order chi connectivity index (χ0) is 56.6. The Kier molecular flexibility index (Phi) is 55.8. The molecule has 1 aliphatic rings. The lowest BCUT2D eigenvalue weighted by Crippen LogP contribution is -2.60. The van der Waals surface area contributed by atoms with E-state index in [4.69, 9.17) is 9.47 Å². The number of nitrogens with one attached hydrogen (secondary N) is 1. The molecule has 10 heteroatoms. The molecule has 1 aliphatic heterocycles. The van der Waals surface area contributed by atoms with Gasteiger partial charge in [-0.15, -0.1) is 0 Å². The first-order chi connectivity index (χ1) is 38.3. The van der Waals surface area contributed by atoms with Gasteiger partial charge in [0.25, 0.3) is 0 Å². The number of unbranched alkanes of at least 4 members (excludes halogenated alkanes) is 51. The summed E-state index contributed by atoms with van der Waals surface area (Å²) < 4.78 is 11.3. The molecule has 1 amide bonds. The second kappa shape index (κ2) is 57.9. The van der Waals surface area contributed by atoms with Gasteiger partial charge in [-0.2, -0.15) is 0 Å². The molecule has 466 valence electrons. The summed E-state index contributed by atoms with van der Waals surface area (Å²) in [6, 6.07) is -0.890. The first-order valence-electron chi connectivity index (χ1n) is 34.8. The molecule has 78 heavy (non-hydrogen) atoms. The van der Waals surface area contributed by atoms with Crippen LogP contribution in [0.5, 0.6) is 0 Å². The molecule has 0 radical (unpaired) electrons. The van der Waals surface area contributed by atoms with Gasteiger partial charge in [-0.25, -0.2) is 0 Å². The predicted octanol–water partition coefficient (Wildman–Crippen LogP) is 17.5. The number of carbonyl (C=O) groups excluding carboxylic acids is 1. The van der Waals surface area contributed by atoms with Gasteiger partial charge < -0.3 is 45.4 Å². The van der Waals surface area contributed by atoms with Crippen LogP contribution in [0.2, 0.25) is 0 Å². The number of aliphatic hydroxyl groups excluding tert-OH is 6. The topological polar surface area (TPSA) is 169 Å². The molecule has 0 aromatic rings. The summed E-state index contributed by atoms with van der Waals surface area (Å²) in [5, 5.41) is 65.4. The van der Waals surface area contributed by atoms with Crippen molar-refractivity contribution in [3.8, 4) is 0 Å². The van der Waals surface area contributed by atoms with Crippen molar-refractivity contribution in [3.63, 3.8) is 0 Å². The van der Waals surface area contributed by atoms with Crippen molar-refractivity contribution in [2.24, 2.45) is 0 Å². The summed E-state index contributed by atoms with van der Waals surface area (Å²) in [5.74, 6) is -0.574. The molecular weight excluding hydrogens is 975 g/mol. The number of carbonyl (C=O) groups is 1. The van der Waals surface area contributed by atoms with Gasteiger partial charge in [0, 0.05) is 0 Å². The summed E-state index contributed by atoms with van der Waals surface area (Å²) in [6.07, 6.45) is 62.2. The SMILES string of the molecule is CCCCCCCCCCCCCCCCCCCCCCCCCCCCCCCCCCCCCCC(O)C(=O)NC(COC1OC(CO)C(O)C(O)C1O)C(O)CCCCCCCCCCCCCCCCCCC. The first kappa shape index (κ1) is 75.2. The zero-order valence-corrected chi connectivity index (χ0v) is 51.8. The predicted molar refractivity (Wildman–Crippen MR) is 329 cm³/mol. The van der Waals surface area contributed by atoms with E-state index in [1.54, 1.807) is 0 Å². The van der Waals surface area contributed by atoms with E-state index in [-0.39, 0.29) is 6.61 Å². The van der Waals surface area contributed by atoms with Crippen molar-refractivity contribution < 1.29 is 44.9 Å². The Morgan fingerprint density at radius 3 is 0.910 bits per heavy atom. The highest BCUT2D eigenvalue weighted by atomic mass is 16.7. The lowest BCUT2D eigenvalue weighted by Gasteiger charge is -2.40. The Morgan fingerprint density at radius 2 is 0.641 bits per heavy atom. The van der Waals surface area contributed by atoms with E-state index in [1.165, 1.54) is 302 Å². The van der Waals surface area contributed by atoms with Gasteiger partial charge >= 0.3 is 0 Å². The number of aliphatic hydroxyl groups is 6. The normalized spacial score (nSPS) is 18.9. The quantitative estimate of drug-likeness (QED) is 0.0293. The van der Waals surface area contributed by atoms with Crippen LogP contribution in [0.15, 0.2) is 0 Å². The number of amides is 1. The smallest absolute Gasteiger partial charge is 0.249 e. The maximum Gasteiger partial charge on any atom is 0.249 e. The van der Waals surface area contributed by atoms with Crippen molar-refractivity contribution in [2.75, 3.05) is 13.2 Å². The van der Waals surface area contributed by atoms with E-state index in [9.17, 15) is 35.4 Å². The van der Waals surface area contributed by atoms with Crippen molar-refractivity contribution in [2.45, 2.75) is 416 Å². The van der Waals surface area contributed by atoms with E-state index < -0.39 is 61.5 Å². The van der Waals surface area contributed by atoms with Crippen molar-refractivity contribution in [1.82, 2.24) is 5.32 Å². The van der Waals surface area contributed by atoms with Gasteiger partial charge in [0.05, 0.1) is 25.4 Å². The summed E-state index contributed by atoms with van der Waals surface area (Å²) in [6.45, 7) is 3.74. The van der Waals surface area contributed by atoms with Crippen LogP contribution in [-0.2, 0) is 14.3 Å². The summed E-state index contributed by atoms with van der Waals surface area (Å²) in [5.41, 5.74) is 0. The van der Waals surface area contributed by atoms with Gasteiger partial charge in [-0.3, -0.25) is 4.79 Å². The molecule has 0 spiro atoms. The van der Waals surface area contributed by atoms with Crippen LogP contribution < -0.4 is 5.32 Å². The molecule has 0 aromatic heterocycles. The highest BCUT2D eigenvalue weighted by Gasteiger charge is 2.44. The number of rotatable bonds is 62. The maximum atomic E-state index is 13.2. The number of ether oxygens (including phenoxy) is 2. The fraction of sp³-hybridized carbons (Fsp3) is 0.985. The highest BCUT2D eigenvalue weighted by Crippen LogP contribution is 2.24. The largest absolute Gasteiger partial charge is 0.394 e. The monoisotopic (exact) mass is 1110 g/mol. The first-order valence-corrected chi connectivity index (χ1v) is 34.8. The van der Waals surface area contributed by atoms with Crippen LogP contribution in [0.3, 0.4) is 0 Å². The Morgan fingerprint density at radius 1 is 0.385 bits per heavy atom. The van der Waals surface area contributed by atoms with Crippen LogP contribution in [0, 0.1) is 0 Å². The van der Waals surface area contributed by atoms with E-state index in [0.717, 1.165) is 38.5 Å². The molecule has 1 fully saturated rings. The van der Waals surface area contributed by atoms with Crippen molar-refractivity contribution >= 4 is 5.91 Å². The van der Waals surface area contributed by atoms with Crippen LogP contribution in [0.25, 0.3) is 0 Å². The standard InChI is InChI=1S/C68H135NO9/c1-3-5-7-9-11-13-15-17-19-21-22-23-24-25-26-27-28-29-30-31-32-33-34-35-36-37-38-39-41-43-45-47-49-51-53-55-57-62(72)67(76)69-60(59-77-68-66(75)65(74)64(73)63(58-70)78-68)61(71)56-54-52-50-48-46-44-42-40-20-18-16-14-12-10-8-6-4-2/h60-66,68,70-75H,3-59H2,1-2H3,(H,69,76). The Hall–Kier alpha value is -0.850. The average Bonchev–Trinajstić information content (AvgIpc) is 3.45. The van der Waals surface area contributed by atoms with Gasteiger partial charge in [-0.05, 0) is 12.8 Å². The summed E-state index contributed by atoms with van der Waals surface area (Å²) >= 11 is 0. The Bertz CT molecular complexity index is 1210. The Balaban J connectivity index is 2.07. The van der Waals surface area contributed by atoms with Crippen LogP contribution in [0.4, 0.5) is 0 Å². The molecule has 7 N–H and O–H groups in total. The molecule has 10 nitrogen and oxygen atoms in total. The molecule has 0 saturated carbocycles. The van der Waals surface area contributed by atoms with Gasteiger partial charge in [0.1, 0.15) is 30.5 Å². The molecule has 0 aliphatic carbocycles. The minimum Gasteiger partial charge on any atom is -0.394 e. The minimum absolute atomic E-state index is 0.249. The molecule has 1 heterocycles. The summed E-state index contributed by atoms with van der Waals surface area (Å²) in [4.78, 5) is 13.2. The fourth-order valence-corrected chi connectivity index (χ4v) is 11.8. The minimum atomic E-state index is -1.59. The van der Waals surface area contributed by atoms with Crippen molar-refractivity contribution in [3.05, 3.63) is 0 Å². The Labute approximate surface area is 483 Å². The highest BCUT2D eigenvalue weighted by molar-refractivity contribution is 5.80. The number of hydrogen-bond donors (Lipinski definition) is 7. The van der Waals surface area contributed by atoms with Crippen LogP contribution in [0.1, 0.15) is 367 Å². The van der Waals surface area contributed by atoms with E-state index in [0.29, 0.717) is 12.8 Å². The summed E-state index contributed by atoms with van der Waals surface area (Å²) in [7, 11) is 0. The molecular formula is C68H135NO9. The zero-order valence-electron chi connectivity index (χ0n) is 51.8. The van der Waals surface area contributed by atoms with E-state index in [1.807, 2.05) is 0 Å². The lowest BCUT2D eigenvalue weighted by atomic mass is 9.99. The second-order valence-electron chi connectivity index (χ2n) is 24.8. The molecule has 0 aromatic carbocycles.